The van der Waals surface area contributed by atoms with Crippen molar-refractivity contribution in [3.05, 3.63) is 0 Å². The fraction of sp³-hybridized carbons (Fsp3) is 0.931. The number of nitrogens with one attached hydrogen (secondary N) is 1. The van der Waals surface area contributed by atoms with Crippen LogP contribution in [0.5, 0.6) is 0 Å². The molecule has 0 atom stereocenters. The van der Waals surface area contributed by atoms with Crippen LogP contribution < -0.4 is 5.32 Å². The van der Waals surface area contributed by atoms with Crippen molar-refractivity contribution in [2.45, 2.75) is 122 Å². The van der Waals surface area contributed by atoms with Crippen LogP contribution in [0.15, 0.2) is 0 Å². The van der Waals surface area contributed by atoms with Gasteiger partial charge in [0, 0.05) is 18.8 Å². The summed E-state index contributed by atoms with van der Waals surface area (Å²) >= 11 is 3.60. The minimum Gasteiger partial charge on any atom is -0.481 e. The molecule has 0 radical (unpaired) electrons. The maximum Gasteiger partial charge on any atom is 0.303 e. The van der Waals surface area contributed by atoms with Gasteiger partial charge in [-0.3, -0.25) is 9.59 Å². The van der Waals surface area contributed by atoms with Crippen LogP contribution >= 0.6 is 23.5 Å². The second-order valence-electron chi connectivity index (χ2n) is 11.2. The SMILES string of the molecule is O=C(O)CC1(CNCCSCC(=O)CSCC2CCCCCCCCCCCCC2)CCCCC1. The van der Waals surface area contributed by atoms with Gasteiger partial charge in [-0.2, -0.15) is 23.5 Å². The van der Waals surface area contributed by atoms with Gasteiger partial charge >= 0.3 is 5.97 Å². The molecule has 0 amide bonds. The third-order valence-electron chi connectivity index (χ3n) is 7.97. The van der Waals surface area contributed by atoms with Crippen molar-refractivity contribution in [1.82, 2.24) is 5.32 Å². The van der Waals surface area contributed by atoms with Crippen LogP contribution in [-0.4, -0.2) is 53.0 Å². The first kappa shape index (κ1) is 31.0. The topological polar surface area (TPSA) is 66.4 Å². The van der Waals surface area contributed by atoms with E-state index in [0.717, 1.165) is 56.2 Å². The number of carboxylic acids is 1. The van der Waals surface area contributed by atoms with Crippen molar-refractivity contribution in [3.8, 4) is 0 Å². The van der Waals surface area contributed by atoms with Crippen LogP contribution in [0.25, 0.3) is 0 Å². The number of aliphatic carboxylic acids is 1. The van der Waals surface area contributed by atoms with Crippen molar-refractivity contribution in [1.29, 1.82) is 0 Å². The molecule has 2 saturated carbocycles. The van der Waals surface area contributed by atoms with Crippen molar-refractivity contribution in [3.63, 3.8) is 0 Å². The molecule has 0 spiro atoms. The van der Waals surface area contributed by atoms with E-state index in [1.807, 2.05) is 11.8 Å². The monoisotopic (exact) mass is 527 g/mol. The quantitative estimate of drug-likeness (QED) is 0.239. The van der Waals surface area contributed by atoms with Gasteiger partial charge in [-0.05, 0) is 42.8 Å². The summed E-state index contributed by atoms with van der Waals surface area (Å²) in [5.74, 6) is 3.85. The van der Waals surface area contributed by atoms with E-state index in [0.29, 0.717) is 17.3 Å². The van der Waals surface area contributed by atoms with E-state index in [9.17, 15) is 14.7 Å². The Morgan fingerprint density at radius 1 is 0.743 bits per heavy atom. The van der Waals surface area contributed by atoms with Gasteiger partial charge in [0.05, 0.1) is 17.9 Å². The molecule has 2 N–H and O–H groups in total. The maximum atomic E-state index is 12.4. The van der Waals surface area contributed by atoms with Crippen LogP contribution in [0.3, 0.4) is 0 Å². The number of carboxylic acid groups (broad SMARTS) is 1. The molecule has 0 bridgehead atoms. The standard InChI is InChI=1S/C29H53NO3S2/c31-27(23-34-20-19-30-25-29(21-28(32)33)17-13-10-14-18-29)24-35-22-26-15-11-8-6-4-2-1-3-5-7-9-12-16-26/h26,30H,1-25H2,(H,32,33). The van der Waals surface area contributed by atoms with Crippen molar-refractivity contribution in [2.24, 2.45) is 11.3 Å². The van der Waals surface area contributed by atoms with E-state index in [1.54, 1.807) is 11.8 Å². The lowest BCUT2D eigenvalue weighted by atomic mass is 9.72. The Kier molecular flexibility index (Phi) is 17.6. The fourth-order valence-corrected chi connectivity index (χ4v) is 7.88. The third kappa shape index (κ3) is 15.6. The average Bonchev–Trinajstić information content (AvgIpc) is 2.83. The molecule has 2 fully saturated rings. The largest absolute Gasteiger partial charge is 0.481 e. The number of thioether (sulfide) groups is 2. The van der Waals surface area contributed by atoms with Crippen molar-refractivity contribution in [2.75, 3.05) is 36.1 Å². The lowest BCUT2D eigenvalue weighted by molar-refractivity contribution is -0.140. The number of carbonyl (C=O) groups excluding carboxylic acids is 1. The molecule has 204 valence electrons. The van der Waals surface area contributed by atoms with Gasteiger partial charge in [0.2, 0.25) is 0 Å². The van der Waals surface area contributed by atoms with Crippen LogP contribution in [0, 0.1) is 11.3 Å². The Bertz CT molecular complexity index is 552. The van der Waals surface area contributed by atoms with Gasteiger partial charge < -0.3 is 10.4 Å². The molecular weight excluding hydrogens is 474 g/mol. The van der Waals surface area contributed by atoms with Gasteiger partial charge in [0.25, 0.3) is 0 Å². The predicted octanol–water partition coefficient (Wildman–Crippen LogP) is 7.74. The second kappa shape index (κ2) is 19.9. The molecule has 2 aliphatic carbocycles. The van der Waals surface area contributed by atoms with Crippen LogP contribution in [0.1, 0.15) is 122 Å². The van der Waals surface area contributed by atoms with Gasteiger partial charge in [-0.25, -0.2) is 0 Å². The predicted molar refractivity (Wildman–Crippen MR) is 154 cm³/mol. The molecule has 0 aromatic rings. The summed E-state index contributed by atoms with van der Waals surface area (Å²) in [6, 6.07) is 0. The summed E-state index contributed by atoms with van der Waals surface area (Å²) in [6.45, 7) is 1.65. The van der Waals surface area contributed by atoms with E-state index < -0.39 is 5.97 Å². The fourth-order valence-electron chi connectivity index (χ4n) is 5.87. The normalized spacial score (nSPS) is 21.3. The Labute approximate surface area is 224 Å². The molecule has 4 nitrogen and oxygen atoms in total. The van der Waals surface area contributed by atoms with Gasteiger partial charge in [-0.15, -0.1) is 0 Å². The third-order valence-corrected chi connectivity index (χ3v) is 10.2. The van der Waals surface area contributed by atoms with E-state index in [4.69, 9.17) is 0 Å². The zero-order chi connectivity index (χ0) is 25.0. The number of hydrogen-bond donors (Lipinski definition) is 2. The van der Waals surface area contributed by atoms with Crippen LogP contribution in [-0.2, 0) is 9.59 Å². The summed E-state index contributed by atoms with van der Waals surface area (Å²) < 4.78 is 0. The minimum atomic E-state index is -0.673. The molecule has 35 heavy (non-hydrogen) atoms. The van der Waals surface area contributed by atoms with Crippen LogP contribution in [0.4, 0.5) is 0 Å². The number of ketones is 1. The molecule has 0 aromatic heterocycles. The first-order valence-electron chi connectivity index (χ1n) is 14.7. The number of carbonyl (C=O) groups is 2. The highest BCUT2D eigenvalue weighted by Crippen LogP contribution is 2.38. The summed E-state index contributed by atoms with van der Waals surface area (Å²) in [5.41, 5.74) is -0.0623. The zero-order valence-electron chi connectivity index (χ0n) is 22.3. The van der Waals surface area contributed by atoms with Crippen molar-refractivity contribution < 1.29 is 14.7 Å². The van der Waals surface area contributed by atoms with E-state index in [-0.39, 0.29) is 11.8 Å². The molecule has 2 rings (SSSR count). The molecule has 0 saturated heterocycles. The van der Waals surface area contributed by atoms with Crippen LogP contribution in [0.2, 0.25) is 0 Å². The highest BCUT2D eigenvalue weighted by atomic mass is 32.2. The smallest absolute Gasteiger partial charge is 0.303 e. The van der Waals surface area contributed by atoms with E-state index in [2.05, 4.69) is 5.32 Å². The van der Waals surface area contributed by atoms with E-state index in [1.165, 1.54) is 89.9 Å². The molecule has 2 aliphatic rings. The molecular formula is C29H53NO3S2. The summed E-state index contributed by atoms with van der Waals surface area (Å²) in [4.78, 5) is 23.7. The second-order valence-corrected chi connectivity index (χ2v) is 13.4. The summed E-state index contributed by atoms with van der Waals surface area (Å²) in [6.07, 6.45) is 24.1. The highest BCUT2D eigenvalue weighted by Gasteiger charge is 2.33. The number of Topliss-reactive ketones (excluding diaryl/α,β-unsaturated/α-hetero) is 1. The molecule has 6 heteroatoms. The Morgan fingerprint density at radius 3 is 1.83 bits per heavy atom. The maximum absolute atomic E-state index is 12.4. The average molecular weight is 528 g/mol. The number of rotatable bonds is 13. The summed E-state index contributed by atoms with van der Waals surface area (Å²) in [5, 5.41) is 12.8. The Morgan fingerprint density at radius 2 is 1.26 bits per heavy atom. The highest BCUT2D eigenvalue weighted by molar-refractivity contribution is 8.01. The molecule has 0 aliphatic heterocycles. The molecule has 0 aromatic carbocycles. The molecule has 0 unspecified atom stereocenters. The number of hydrogen-bond acceptors (Lipinski definition) is 5. The lowest BCUT2D eigenvalue weighted by Gasteiger charge is -2.36. The van der Waals surface area contributed by atoms with E-state index >= 15 is 0 Å². The zero-order valence-corrected chi connectivity index (χ0v) is 24.0. The first-order valence-corrected chi connectivity index (χ1v) is 17.0. The first-order chi connectivity index (χ1) is 17.1. The molecule has 0 heterocycles. The Hall–Kier alpha value is -0.200. The Balaban J connectivity index is 1.53. The summed E-state index contributed by atoms with van der Waals surface area (Å²) in [7, 11) is 0. The van der Waals surface area contributed by atoms with Crippen molar-refractivity contribution >= 4 is 35.3 Å². The minimum absolute atomic E-state index is 0.0623. The van der Waals surface area contributed by atoms with Gasteiger partial charge in [0.1, 0.15) is 0 Å². The van der Waals surface area contributed by atoms with Gasteiger partial charge in [-0.1, -0.05) is 89.9 Å². The lowest BCUT2D eigenvalue weighted by Crippen LogP contribution is -2.38. The van der Waals surface area contributed by atoms with Gasteiger partial charge in [0.15, 0.2) is 5.78 Å².